The molecule has 0 bridgehead atoms. The molecule has 12 heteroatoms. The third-order valence-corrected chi connectivity index (χ3v) is 29.1. The van der Waals surface area contributed by atoms with Gasteiger partial charge in [0.1, 0.15) is 12.6 Å². The third kappa shape index (κ3) is 40.0. The summed E-state index contributed by atoms with van der Waals surface area (Å²) >= 11 is 0. The Morgan fingerprint density at radius 1 is 0.417 bits per heavy atom. The number of nitrogens with zero attached hydrogens (tertiary/aromatic N) is 1. The summed E-state index contributed by atoms with van der Waals surface area (Å²) in [5, 5.41) is 19.0. The highest BCUT2D eigenvalue weighted by Gasteiger charge is 2.44. The molecule has 5 unspecified atom stereocenters. The van der Waals surface area contributed by atoms with Crippen molar-refractivity contribution >= 4 is 22.7 Å². The highest BCUT2D eigenvalue weighted by Crippen LogP contribution is 2.49. The normalized spacial score (nSPS) is 27.9. The average Bonchev–Trinajstić information content (AvgIpc) is 0.797. The minimum absolute atomic E-state index is 0.109. The number of methoxy groups -OCH3 is 4. The van der Waals surface area contributed by atoms with Gasteiger partial charge in [0.15, 0.2) is 12.6 Å². The third-order valence-electron chi connectivity index (χ3n) is 28.5. The molecule has 0 heterocycles. The summed E-state index contributed by atoms with van der Waals surface area (Å²) in [5.74, 6) is 15.2. The molecule has 0 spiro atoms. The lowest BCUT2D eigenvalue weighted by Gasteiger charge is -2.43. The Kier molecular flexibility index (Phi) is 60.1. The van der Waals surface area contributed by atoms with Gasteiger partial charge in [0.2, 0.25) is 0 Å². The van der Waals surface area contributed by atoms with E-state index in [1.807, 2.05) is 36.5 Å². The first-order valence-corrected chi connectivity index (χ1v) is 48.9. The minimum atomic E-state index is -3.39. The monoisotopic (exact) mass is 1690 g/mol. The molecule has 0 amide bonds. The minimum Gasteiger partial charge on any atom is -0.396 e. The van der Waals surface area contributed by atoms with Gasteiger partial charge in [-0.15, -0.1) is 39.5 Å². The van der Waals surface area contributed by atoms with Crippen LogP contribution in [0, 0.1) is 183 Å². The Morgan fingerprint density at radius 3 is 0.975 bits per heavy atom. The molecule has 0 aliphatic heterocycles. The van der Waals surface area contributed by atoms with Crippen molar-refractivity contribution in [2.24, 2.45) is 172 Å². The molecular formula is C108H187NO10S. The molecule has 1 N–H and O–H groups in total. The van der Waals surface area contributed by atoms with Gasteiger partial charge in [0, 0.05) is 65.6 Å². The number of aliphatic hydroxyl groups is 1. The molecule has 0 saturated heterocycles. The maximum Gasteiger partial charge on any atom is 0.264 e. The Morgan fingerprint density at radius 2 is 0.683 bits per heavy atom. The lowest BCUT2D eigenvalue weighted by atomic mass is 9.65. The summed E-state index contributed by atoms with van der Waals surface area (Å²) in [4.78, 5) is 22.5. The van der Waals surface area contributed by atoms with Gasteiger partial charge in [-0.25, -0.2) is 0 Å². The summed E-state index contributed by atoms with van der Waals surface area (Å²) < 4.78 is 50.3. The second-order valence-corrected chi connectivity index (χ2v) is 41.3. The molecule has 0 radical (unpaired) electrons. The molecule has 0 aromatic rings. The van der Waals surface area contributed by atoms with Crippen LogP contribution in [0.25, 0.3) is 0 Å². The van der Waals surface area contributed by atoms with Crippen molar-refractivity contribution in [2.75, 3.05) is 47.9 Å². The molecule has 0 aromatic heterocycles. The molecular weight excluding hydrogens is 1500 g/mol. The zero-order valence-corrected chi connectivity index (χ0v) is 83.4. The van der Waals surface area contributed by atoms with Gasteiger partial charge in [-0.05, 0) is 305 Å². The fourth-order valence-electron chi connectivity index (χ4n) is 21.2. The first kappa shape index (κ1) is 115. The van der Waals surface area contributed by atoms with Crippen molar-refractivity contribution in [2.45, 2.75) is 301 Å². The van der Waals surface area contributed by atoms with E-state index in [-0.39, 0.29) is 36.3 Å². The fraction of sp³-hybridized carbons (Fsp3) is 0.750. The van der Waals surface area contributed by atoms with Crippen LogP contribution >= 0.6 is 0 Å². The standard InChI is InChI=1S/C19H34O2.C18H29N.C18H32O3S.C17H30O.C17H28O.C15H26O3.C4H8/c1-8-9-14(4)12-17-15(5)10-11-16(13(2)3)18(17)19(20-6)21-7;1-6-7-14(4)12-18-15(5)8-9-16(13(2)3)17(18)10-11-19;1-7-8-14(4)11-17-15(5)9-10-16(13(2)3)18(17)12-21-22(6,19)20;2*1-6-7-13(4)10-16-14(5)8-9-15(12(2)3)17(16)11-18;1-10(2)12-7-6-11(3)13(8-9-16)14(12)15(17-4)18-5;1-3-4-2/h8,10,13-14,16-19H,1,9,11-12H2,2-7H3;6,8,13-14,16-18H,1,7,9-10,12H2,2-5H3;7,9,13-14,16-18H,1,8,10-12H2,2-6H3;6,8,12-13,15-18H,1,7,9-11H2,2-5H3;6,8,11-13,15-17H,1,7,9-10H2,2-5H3;6,9-10,12-15H,7-8H2,1-5H3;3H,1,4H2,2H3/t14?,16-,17+,18-;14?,16-,17-,18+;14?,16-,17+,18-;2*13?,15-,16+,17-;12-,13+,14-;/m111111./s1. The molecule has 6 aliphatic rings. The summed E-state index contributed by atoms with van der Waals surface area (Å²) in [6.45, 7) is 77.2. The summed E-state index contributed by atoms with van der Waals surface area (Å²) in [7, 11) is 3.50. The van der Waals surface area contributed by atoms with Gasteiger partial charge in [-0.1, -0.05) is 231 Å². The van der Waals surface area contributed by atoms with Crippen LogP contribution < -0.4 is 0 Å². The van der Waals surface area contributed by atoms with Crippen LogP contribution in [0.15, 0.2) is 146 Å². The van der Waals surface area contributed by atoms with Crippen molar-refractivity contribution in [3.05, 3.63) is 146 Å². The highest BCUT2D eigenvalue weighted by molar-refractivity contribution is 7.86. The number of aldehydes is 2. The highest BCUT2D eigenvalue weighted by atomic mass is 32.2. The maximum atomic E-state index is 11.5. The lowest BCUT2D eigenvalue weighted by molar-refractivity contribution is -0.167. The molecule has 0 saturated carbocycles. The van der Waals surface area contributed by atoms with Crippen LogP contribution in [0.1, 0.15) is 288 Å². The van der Waals surface area contributed by atoms with E-state index in [1.165, 1.54) is 59.0 Å². The number of ether oxygens (including phenoxy) is 4. The predicted octanol–water partition coefficient (Wildman–Crippen LogP) is 28.5. The van der Waals surface area contributed by atoms with Crippen LogP contribution in [0.4, 0.5) is 0 Å². The predicted molar refractivity (Wildman–Crippen MR) is 516 cm³/mol. The molecule has 11 nitrogen and oxygen atoms in total. The van der Waals surface area contributed by atoms with E-state index >= 15 is 0 Å². The van der Waals surface area contributed by atoms with Crippen molar-refractivity contribution in [1.29, 1.82) is 5.26 Å². The summed E-state index contributed by atoms with van der Waals surface area (Å²) in [5.41, 5.74) is 8.60. The summed E-state index contributed by atoms with van der Waals surface area (Å²) in [6.07, 6.45) is 49.1. The Labute approximate surface area is 741 Å². The van der Waals surface area contributed by atoms with Gasteiger partial charge in [-0.2, -0.15) is 13.7 Å². The van der Waals surface area contributed by atoms with Gasteiger partial charge >= 0.3 is 0 Å². The number of aliphatic hydroxyl groups excluding tert-OH is 1. The fourth-order valence-corrected chi connectivity index (χ4v) is 21.6. The molecule has 0 fully saturated rings. The van der Waals surface area contributed by atoms with Gasteiger partial charge < -0.3 is 33.6 Å². The number of rotatable bonds is 41. The van der Waals surface area contributed by atoms with Crippen molar-refractivity contribution in [3.63, 3.8) is 0 Å². The second kappa shape index (κ2) is 62.5. The Hall–Kier alpha value is -4.58. The summed E-state index contributed by atoms with van der Waals surface area (Å²) in [6, 6.07) is 2.43. The second-order valence-electron chi connectivity index (χ2n) is 39.7. The number of nitriles is 1. The first-order chi connectivity index (χ1) is 56.6. The number of hydrogen-bond acceptors (Lipinski definition) is 11. The van der Waals surface area contributed by atoms with Crippen molar-refractivity contribution in [3.8, 4) is 6.07 Å². The lowest BCUT2D eigenvalue weighted by Crippen LogP contribution is -2.41. The van der Waals surface area contributed by atoms with E-state index in [0.29, 0.717) is 174 Å². The van der Waals surface area contributed by atoms with E-state index in [4.69, 9.17) is 23.1 Å². The van der Waals surface area contributed by atoms with Gasteiger partial charge in [-0.3, -0.25) is 4.18 Å². The van der Waals surface area contributed by atoms with E-state index in [0.717, 1.165) is 102 Å². The van der Waals surface area contributed by atoms with E-state index in [9.17, 15) is 28.4 Å². The van der Waals surface area contributed by atoms with Crippen molar-refractivity contribution < 1.29 is 46.2 Å². The largest absolute Gasteiger partial charge is 0.396 e. The number of carbonyl (C=O) groups excluding carboxylic acids is 2. The zero-order chi connectivity index (χ0) is 91.9. The van der Waals surface area contributed by atoms with Gasteiger partial charge in [0.25, 0.3) is 10.1 Å². The van der Waals surface area contributed by atoms with Crippen LogP contribution in [0.2, 0.25) is 0 Å². The SMILES string of the molecule is C=CCC.C=CCC(C)C[C@H]1C(C)=CC[C@H](C(C)C)[C@H]1C(OC)OC.C=CCC(C)C[C@H]1C(C)=CC[C@H](C(C)C)[C@H]1C=O.C=CCC(C)C[C@H]1C(C)=CC[C@H](C(C)C)[C@H]1CC#N.C=CCC(C)C[C@H]1C(C)=CC[C@H](C(C)C)[C@H]1CO.C=CCC(C)C[C@H]1C(C)=CC[C@H](C(C)C)[C@H]1COS(C)(=O)=O.COC(OC)[C@@H]1[C@@H](C(C)C)CC=C(C)[C@@H]1CC=O. The number of hydrogen-bond donors (Lipinski definition) is 1. The zero-order valence-electron chi connectivity index (χ0n) is 82.5. The molecule has 6 aliphatic carbocycles. The molecule has 120 heavy (non-hydrogen) atoms. The first-order valence-electron chi connectivity index (χ1n) is 47.1. The van der Waals surface area contributed by atoms with E-state index < -0.39 is 10.1 Å². The van der Waals surface area contributed by atoms with Crippen molar-refractivity contribution in [1.82, 2.24) is 0 Å². The molecule has 0 aromatic carbocycles. The Balaban J connectivity index is 0.00000140. The smallest absolute Gasteiger partial charge is 0.264 e. The Bertz CT molecular complexity index is 3240. The maximum absolute atomic E-state index is 11.5. The van der Waals surface area contributed by atoms with E-state index in [1.54, 1.807) is 28.4 Å². The molecule has 6 rings (SSSR count). The van der Waals surface area contributed by atoms with Crippen LogP contribution in [0.5, 0.6) is 0 Å². The van der Waals surface area contributed by atoms with Crippen LogP contribution in [-0.2, 0) is 42.8 Å². The molecule has 23 atom stereocenters. The quantitative estimate of drug-likeness (QED) is 0.0269. The van der Waals surface area contributed by atoms with Crippen LogP contribution in [0.3, 0.4) is 0 Å². The van der Waals surface area contributed by atoms with Crippen LogP contribution in [-0.4, -0.2) is 86.6 Å². The van der Waals surface area contributed by atoms with E-state index in [2.05, 4.69) is 248 Å². The number of allylic oxidation sites excluding steroid dienone is 18. The topological polar surface area (TPSA) is 158 Å². The molecule has 690 valence electrons. The number of carbonyl (C=O) groups is 2. The average molecular weight is 1690 g/mol. The van der Waals surface area contributed by atoms with Gasteiger partial charge in [0.05, 0.1) is 18.9 Å².